The van der Waals surface area contributed by atoms with Gasteiger partial charge < -0.3 is 15.0 Å². The zero-order valence-electron chi connectivity index (χ0n) is 16.8. The molecule has 5 nitrogen and oxygen atoms in total. The van der Waals surface area contributed by atoms with Crippen molar-refractivity contribution in [2.24, 2.45) is 0 Å². The quantitative estimate of drug-likeness (QED) is 0.741. The van der Waals surface area contributed by atoms with Gasteiger partial charge in [-0.1, -0.05) is 32.9 Å². The van der Waals surface area contributed by atoms with Crippen LogP contribution in [0, 0.1) is 0 Å². The lowest BCUT2D eigenvalue weighted by Crippen LogP contribution is -2.28. The van der Waals surface area contributed by atoms with Gasteiger partial charge in [-0.15, -0.1) is 0 Å². The Morgan fingerprint density at radius 1 is 1.14 bits per heavy atom. The third-order valence-electron chi connectivity index (χ3n) is 5.04. The number of ether oxygens (including phenoxy) is 1. The molecule has 2 aromatic rings. The van der Waals surface area contributed by atoms with Crippen molar-refractivity contribution >= 4 is 17.5 Å². The first-order chi connectivity index (χ1) is 13.5. The van der Waals surface area contributed by atoms with E-state index in [4.69, 9.17) is 4.74 Å². The summed E-state index contributed by atoms with van der Waals surface area (Å²) in [7, 11) is 0. The van der Waals surface area contributed by atoms with E-state index in [1.54, 1.807) is 11.0 Å². The summed E-state index contributed by atoms with van der Waals surface area (Å²) < 4.78 is 5.69. The molecule has 0 saturated carbocycles. The Balaban J connectivity index is 1.50. The standard InChI is InChI=1S/C23H28N2O3/c1-4-22(26)25-13-11-18-15-19(7-10-21(18)25)23(27)24-12-14-28-20-8-5-17(6-9-20)16(2)3/h5-10,15-16H,4,11-14H2,1-3H3,(H,24,27). The zero-order valence-corrected chi connectivity index (χ0v) is 16.8. The van der Waals surface area contributed by atoms with Gasteiger partial charge in [0.1, 0.15) is 12.4 Å². The monoisotopic (exact) mass is 380 g/mol. The Labute approximate surface area is 166 Å². The predicted molar refractivity (Wildman–Crippen MR) is 111 cm³/mol. The zero-order chi connectivity index (χ0) is 20.1. The number of benzene rings is 2. The summed E-state index contributed by atoms with van der Waals surface area (Å²) in [5, 5.41) is 2.89. The Morgan fingerprint density at radius 3 is 2.57 bits per heavy atom. The van der Waals surface area contributed by atoms with Gasteiger partial charge in [0.05, 0.1) is 6.54 Å². The SMILES string of the molecule is CCC(=O)N1CCc2cc(C(=O)NCCOc3ccc(C(C)C)cc3)ccc21. The minimum atomic E-state index is -0.123. The lowest BCUT2D eigenvalue weighted by atomic mass is 10.0. The van der Waals surface area contributed by atoms with Crippen LogP contribution in [0.15, 0.2) is 42.5 Å². The van der Waals surface area contributed by atoms with Gasteiger partial charge in [-0.3, -0.25) is 9.59 Å². The largest absolute Gasteiger partial charge is 0.492 e. The Bertz CT molecular complexity index is 843. The highest BCUT2D eigenvalue weighted by Crippen LogP contribution is 2.29. The van der Waals surface area contributed by atoms with Gasteiger partial charge in [-0.2, -0.15) is 0 Å². The summed E-state index contributed by atoms with van der Waals surface area (Å²) in [6.45, 7) is 7.71. The van der Waals surface area contributed by atoms with Crippen LogP contribution in [-0.2, 0) is 11.2 Å². The summed E-state index contributed by atoms with van der Waals surface area (Å²) in [4.78, 5) is 26.2. The van der Waals surface area contributed by atoms with Crippen molar-refractivity contribution in [1.29, 1.82) is 0 Å². The number of carbonyl (C=O) groups is 2. The average Bonchev–Trinajstić information content (AvgIpc) is 3.14. The summed E-state index contributed by atoms with van der Waals surface area (Å²) in [5.41, 5.74) is 3.87. The number of fused-ring (bicyclic) bond motifs is 1. The number of anilines is 1. The fraction of sp³-hybridized carbons (Fsp3) is 0.391. The predicted octanol–water partition coefficient (Wildman–Crippen LogP) is 3.92. The molecule has 0 bridgehead atoms. The molecular weight excluding hydrogens is 352 g/mol. The summed E-state index contributed by atoms with van der Waals surface area (Å²) >= 11 is 0. The van der Waals surface area contributed by atoms with E-state index in [9.17, 15) is 9.59 Å². The molecule has 0 spiro atoms. The summed E-state index contributed by atoms with van der Waals surface area (Å²) in [5.74, 6) is 1.29. The average molecular weight is 380 g/mol. The van der Waals surface area contributed by atoms with Crippen molar-refractivity contribution < 1.29 is 14.3 Å². The van der Waals surface area contributed by atoms with Crippen LogP contribution in [0.2, 0.25) is 0 Å². The van der Waals surface area contributed by atoms with E-state index in [1.807, 2.05) is 31.2 Å². The Morgan fingerprint density at radius 2 is 1.89 bits per heavy atom. The van der Waals surface area contributed by atoms with Gasteiger partial charge >= 0.3 is 0 Å². The second kappa shape index (κ2) is 8.91. The first kappa shape index (κ1) is 19.9. The van der Waals surface area contributed by atoms with Gasteiger partial charge in [0.15, 0.2) is 0 Å². The third kappa shape index (κ3) is 4.53. The second-order valence-corrected chi connectivity index (χ2v) is 7.32. The molecule has 0 atom stereocenters. The topological polar surface area (TPSA) is 58.6 Å². The van der Waals surface area contributed by atoms with E-state index in [0.717, 1.165) is 23.4 Å². The number of hydrogen-bond donors (Lipinski definition) is 1. The van der Waals surface area contributed by atoms with Crippen LogP contribution in [0.3, 0.4) is 0 Å². The number of nitrogens with one attached hydrogen (secondary N) is 1. The smallest absolute Gasteiger partial charge is 0.251 e. The van der Waals surface area contributed by atoms with Crippen molar-refractivity contribution in [2.75, 3.05) is 24.6 Å². The van der Waals surface area contributed by atoms with Crippen molar-refractivity contribution in [2.45, 2.75) is 39.5 Å². The molecule has 3 rings (SSSR count). The van der Waals surface area contributed by atoms with E-state index in [0.29, 0.717) is 37.6 Å². The summed E-state index contributed by atoms with van der Waals surface area (Å²) in [6.07, 6.45) is 1.28. The molecule has 1 N–H and O–H groups in total. The van der Waals surface area contributed by atoms with E-state index < -0.39 is 0 Å². The van der Waals surface area contributed by atoms with Crippen LogP contribution in [-0.4, -0.2) is 31.5 Å². The minimum absolute atomic E-state index is 0.120. The molecule has 2 aromatic carbocycles. The normalized spacial score (nSPS) is 12.8. The van der Waals surface area contributed by atoms with Gasteiger partial charge in [-0.25, -0.2) is 0 Å². The van der Waals surface area contributed by atoms with Gasteiger partial charge in [0.2, 0.25) is 5.91 Å². The van der Waals surface area contributed by atoms with Gasteiger partial charge in [0, 0.05) is 24.2 Å². The fourth-order valence-electron chi connectivity index (χ4n) is 3.38. The lowest BCUT2D eigenvalue weighted by molar-refractivity contribution is -0.118. The third-order valence-corrected chi connectivity index (χ3v) is 5.04. The highest BCUT2D eigenvalue weighted by molar-refractivity contribution is 5.98. The van der Waals surface area contributed by atoms with Crippen molar-refractivity contribution in [3.8, 4) is 5.75 Å². The highest BCUT2D eigenvalue weighted by atomic mass is 16.5. The van der Waals surface area contributed by atoms with Crippen molar-refractivity contribution in [3.63, 3.8) is 0 Å². The molecule has 0 aromatic heterocycles. The number of rotatable bonds is 7. The van der Waals surface area contributed by atoms with E-state index >= 15 is 0 Å². The van der Waals surface area contributed by atoms with E-state index in [1.165, 1.54) is 5.56 Å². The lowest BCUT2D eigenvalue weighted by Gasteiger charge is -2.16. The first-order valence-corrected chi connectivity index (χ1v) is 9.94. The molecule has 0 saturated heterocycles. The number of amides is 2. The molecule has 148 valence electrons. The summed E-state index contributed by atoms with van der Waals surface area (Å²) in [6, 6.07) is 13.6. The van der Waals surface area contributed by atoms with Crippen molar-refractivity contribution in [3.05, 3.63) is 59.2 Å². The number of carbonyl (C=O) groups excluding carboxylic acids is 2. The molecule has 0 aliphatic carbocycles. The number of nitrogens with zero attached hydrogens (tertiary/aromatic N) is 1. The maximum atomic E-state index is 12.4. The molecule has 1 heterocycles. The highest BCUT2D eigenvalue weighted by Gasteiger charge is 2.24. The first-order valence-electron chi connectivity index (χ1n) is 9.94. The number of hydrogen-bond acceptors (Lipinski definition) is 3. The molecule has 2 amide bonds. The maximum absolute atomic E-state index is 12.4. The molecule has 0 radical (unpaired) electrons. The van der Waals surface area contributed by atoms with Gasteiger partial charge in [-0.05, 0) is 53.8 Å². The van der Waals surface area contributed by atoms with E-state index in [-0.39, 0.29) is 11.8 Å². The van der Waals surface area contributed by atoms with Crippen LogP contribution < -0.4 is 15.0 Å². The molecule has 28 heavy (non-hydrogen) atoms. The maximum Gasteiger partial charge on any atom is 0.251 e. The fourth-order valence-corrected chi connectivity index (χ4v) is 3.38. The molecule has 1 aliphatic heterocycles. The van der Waals surface area contributed by atoms with Crippen LogP contribution in [0.1, 0.15) is 54.6 Å². The van der Waals surface area contributed by atoms with Crippen LogP contribution >= 0.6 is 0 Å². The van der Waals surface area contributed by atoms with Crippen molar-refractivity contribution in [1.82, 2.24) is 5.32 Å². The molecule has 1 aliphatic rings. The molecule has 5 heteroatoms. The Kier molecular flexibility index (Phi) is 6.34. The molecule has 0 fully saturated rings. The second-order valence-electron chi connectivity index (χ2n) is 7.32. The minimum Gasteiger partial charge on any atom is -0.492 e. The van der Waals surface area contributed by atoms with Crippen LogP contribution in [0.25, 0.3) is 0 Å². The van der Waals surface area contributed by atoms with E-state index in [2.05, 4.69) is 31.3 Å². The van der Waals surface area contributed by atoms with Crippen LogP contribution in [0.4, 0.5) is 5.69 Å². The molecule has 0 unspecified atom stereocenters. The van der Waals surface area contributed by atoms with Gasteiger partial charge in [0.25, 0.3) is 5.91 Å². The molecular formula is C23H28N2O3. The van der Waals surface area contributed by atoms with Crippen LogP contribution in [0.5, 0.6) is 5.75 Å². The Hall–Kier alpha value is -2.82.